The molecule has 1 rings (SSSR count). The van der Waals surface area contributed by atoms with Gasteiger partial charge in [-0.05, 0) is 0 Å². The van der Waals surface area contributed by atoms with Crippen LogP contribution in [-0.2, 0) is 98.0 Å². The molecule has 0 bridgehead atoms. The van der Waals surface area contributed by atoms with E-state index in [0.717, 1.165) is 0 Å². The average Bonchev–Trinajstić information content (AvgIpc) is 3.44. The van der Waals surface area contributed by atoms with E-state index in [2.05, 4.69) is 64.4 Å². The first-order chi connectivity index (χ1) is 13.3. The predicted octanol–water partition coefficient (Wildman–Crippen LogP) is 1.44. The Morgan fingerprint density at radius 2 is 0.767 bits per heavy atom. The third-order valence-corrected chi connectivity index (χ3v) is 1.55. The van der Waals surface area contributed by atoms with E-state index in [1.807, 2.05) is 0 Å². The third-order valence-electron chi connectivity index (χ3n) is 1.55. The molecule has 10 nitrogen and oxygen atoms in total. The Kier molecular flexibility index (Phi) is 705. The number of carbonyl (C=O) groups excluding carboxylic acids is 1. The Morgan fingerprint density at radius 3 is 0.800 bits per heavy atom. The molecule has 1 fully saturated rings. The van der Waals surface area contributed by atoms with Gasteiger partial charge in [-0.1, -0.05) is 32.1 Å². The molecule has 1 aliphatic rings. The summed E-state index contributed by atoms with van der Waals surface area (Å²) < 4.78 is 64.0. The molecule has 30 heavy (non-hydrogen) atoms. The molecular weight excluding hydrogens is 531 g/mol. The summed E-state index contributed by atoms with van der Waals surface area (Å²) in [7, 11) is 1.24. The molecule has 0 aromatic heterocycles. The number of hydrogen-bond acceptors (Lipinski definition) is 2. The summed E-state index contributed by atoms with van der Waals surface area (Å²) in [6.45, 7) is 36.0. The van der Waals surface area contributed by atoms with E-state index < -0.39 is 5.97 Å². The van der Waals surface area contributed by atoms with Crippen molar-refractivity contribution >= 4 is 5.97 Å². The van der Waals surface area contributed by atoms with E-state index in [-0.39, 0.29) is 51.2 Å². The zero-order valence-electron chi connectivity index (χ0n) is 15.3. The van der Waals surface area contributed by atoms with Crippen molar-refractivity contribution < 1.29 is 98.0 Å². The molecule has 0 aromatic carbocycles. The quantitative estimate of drug-likeness (QED) is 0.112. The molecule has 0 aromatic rings. The minimum Gasteiger partial charge on any atom is 0 e. The maximum atomic E-state index is 9.72. The number of carbonyl (C=O) groups is 1. The predicted molar refractivity (Wildman–Crippen MR) is 75.4 cm³/mol. The van der Waals surface area contributed by atoms with Crippen molar-refractivity contribution in [3.63, 3.8) is 0 Å². The van der Waals surface area contributed by atoms with Crippen LogP contribution in [0.3, 0.4) is 0 Å². The van der Waals surface area contributed by atoms with Gasteiger partial charge in [0.25, 0.3) is 0 Å². The Morgan fingerprint density at radius 1 is 0.633 bits per heavy atom. The number of ether oxygens (including phenoxy) is 1. The Hall–Kier alpha value is -1.49. The minimum absolute atomic E-state index is 0. The van der Waals surface area contributed by atoms with Gasteiger partial charge in [0.2, 0.25) is 0 Å². The van der Waals surface area contributed by atoms with Crippen molar-refractivity contribution in [2.75, 3.05) is 7.11 Å². The van der Waals surface area contributed by atoms with Gasteiger partial charge in [0, 0.05) is 57.1 Å². The van der Waals surface area contributed by atoms with Crippen LogP contribution in [0.25, 0.3) is 0 Å². The van der Waals surface area contributed by atoms with Gasteiger partial charge in [0.15, 0.2) is 0 Å². The maximum Gasteiger partial charge on any atom is 0 e. The molecule has 0 saturated heterocycles. The molecule has 1 aliphatic carbocycles. The molecule has 0 amide bonds. The smallest absolute Gasteiger partial charge is 0 e. The van der Waals surface area contributed by atoms with Gasteiger partial charge in [-0.3, -0.25) is 0 Å². The zero-order chi connectivity index (χ0) is 24.5. The van der Waals surface area contributed by atoms with Crippen LogP contribution in [0.2, 0.25) is 0 Å². The van der Waals surface area contributed by atoms with Crippen molar-refractivity contribution in [1.82, 2.24) is 0 Å². The summed E-state index contributed by atoms with van der Waals surface area (Å²) in [4.78, 5) is 9.72. The normalized spacial score (nSPS) is 5.73. The van der Waals surface area contributed by atoms with Crippen LogP contribution in [0.5, 0.6) is 0 Å². The van der Waals surface area contributed by atoms with Gasteiger partial charge < -0.3 is 4.74 Å². The molecule has 1 saturated carbocycles. The monoisotopic (exact) mass is 545 g/mol. The topological polar surface area (TPSA) is 186 Å². The zero-order valence-corrected chi connectivity index (χ0v) is 18.7. The fourth-order valence-corrected chi connectivity index (χ4v) is 0.943. The average molecular weight is 545 g/mol. The summed E-state index contributed by atoms with van der Waals surface area (Å²) in [5.41, 5.74) is 0. The molecule has 0 atom stereocenters. The second kappa shape index (κ2) is 267. The van der Waals surface area contributed by atoms with Crippen molar-refractivity contribution in [3.05, 3.63) is 53.2 Å². The van der Waals surface area contributed by atoms with Crippen molar-refractivity contribution in [2.45, 2.75) is 32.1 Å². The maximum absolute atomic E-state index is 9.72. The molecular formula is C17H14Fe2MnO10. The van der Waals surface area contributed by atoms with E-state index in [1.54, 1.807) is 5.92 Å². The number of terminal acetylenes is 1. The molecule has 1 radical (unpaired) electrons. The van der Waals surface area contributed by atoms with Crippen LogP contribution in [0.15, 0.2) is 0 Å². The first-order valence-electron chi connectivity index (χ1n) is 5.49. The first-order valence-corrected chi connectivity index (χ1v) is 5.49. The molecule has 0 N–H and O–H groups in total. The summed E-state index contributed by atoms with van der Waals surface area (Å²) in [5.74, 6) is 1.12. The molecule has 0 aliphatic heterocycles. The van der Waals surface area contributed by atoms with Gasteiger partial charge in [-0.15, -0.1) is 6.42 Å². The summed E-state index contributed by atoms with van der Waals surface area (Å²) in [6, 6.07) is 0. The number of methoxy groups -OCH3 is 1. The van der Waals surface area contributed by atoms with Gasteiger partial charge in [0.1, 0.15) is 0 Å². The fraction of sp³-hybridized carbons (Fsp3) is 0.353. The van der Waals surface area contributed by atoms with Crippen LogP contribution in [0.1, 0.15) is 32.1 Å². The number of esters is 1. The fourth-order valence-electron chi connectivity index (χ4n) is 0.943. The van der Waals surface area contributed by atoms with Crippen molar-refractivity contribution in [1.29, 1.82) is 0 Å². The summed E-state index contributed by atoms with van der Waals surface area (Å²) in [5, 5.41) is 0. The molecule has 0 unspecified atom stereocenters. The van der Waals surface area contributed by atoms with Crippen molar-refractivity contribution in [3.8, 4) is 12.3 Å². The summed E-state index contributed by atoms with van der Waals surface area (Å²) >= 11 is 0. The third kappa shape index (κ3) is 306. The first kappa shape index (κ1) is 79.2. The summed E-state index contributed by atoms with van der Waals surface area (Å²) in [6.07, 6.45) is 12.1. The van der Waals surface area contributed by atoms with Gasteiger partial charge in [-0.2, -0.15) is 0 Å². The molecule has 0 heterocycles. The van der Waals surface area contributed by atoms with Gasteiger partial charge in [0.05, 0.1) is 7.11 Å². The molecule has 13 heteroatoms. The van der Waals surface area contributed by atoms with E-state index in [0.29, 0.717) is 0 Å². The number of hydrogen-bond donors (Lipinski definition) is 0. The Labute approximate surface area is 208 Å². The van der Waals surface area contributed by atoms with Crippen molar-refractivity contribution in [2.24, 2.45) is 0 Å². The second-order valence-corrected chi connectivity index (χ2v) is 2.40. The minimum atomic E-state index is -0.630. The molecule has 165 valence electrons. The van der Waals surface area contributed by atoms with E-state index >= 15 is 0 Å². The van der Waals surface area contributed by atoms with Crippen LogP contribution in [0, 0.1) is 65.5 Å². The van der Waals surface area contributed by atoms with E-state index in [9.17, 15) is 4.79 Å². The second-order valence-electron chi connectivity index (χ2n) is 2.40. The number of rotatable bonds is 0. The van der Waals surface area contributed by atoms with Gasteiger partial charge in [-0.25, -0.2) is 4.79 Å². The largest absolute Gasteiger partial charge is 0 e. The van der Waals surface area contributed by atoms with Crippen LogP contribution in [0.4, 0.5) is 0 Å². The van der Waals surface area contributed by atoms with Gasteiger partial charge >= 0.3 is 96.4 Å². The molecule has 0 spiro atoms. The Balaban J connectivity index is -0.0000000125. The van der Waals surface area contributed by atoms with E-state index in [4.69, 9.17) is 37.2 Å². The van der Waals surface area contributed by atoms with Crippen LogP contribution in [-0.4, -0.2) is 13.1 Å². The Bertz CT molecular complexity index is 360. The van der Waals surface area contributed by atoms with Crippen LogP contribution < -0.4 is 0 Å². The van der Waals surface area contributed by atoms with E-state index in [1.165, 1.54) is 39.2 Å². The standard InChI is InChI=1S/C5H10.C4H4O2.8CO.2Fe.Mn/c1-2-4-5-3-1;1-3-4(5)6-2;8*1-2;;;/h1-5H2;1H,2H3;;;;;;;;;;;. The van der Waals surface area contributed by atoms with Crippen LogP contribution >= 0.6 is 0 Å². The SMILES string of the molecule is C#CC(=O)OC.C1CCCC1.[C-]#[O+].[C-]#[O+].[C-]#[O+].[C-]#[O+].[C-]#[O+].[C-]#[O+].[C-]#[O+].[C-]#[O+].[Fe].[Fe].[Mn].